The molecule has 4 nitrogen and oxygen atoms in total. The zero-order valence-electron chi connectivity index (χ0n) is 9.96. The van der Waals surface area contributed by atoms with E-state index in [1.807, 2.05) is 24.3 Å². The third kappa shape index (κ3) is 1.78. The molecule has 0 aliphatic rings. The first-order valence-electron chi connectivity index (χ1n) is 5.75. The molecule has 88 valence electrons. The van der Waals surface area contributed by atoms with Crippen LogP contribution in [0.4, 0.5) is 0 Å². The van der Waals surface area contributed by atoms with Crippen molar-refractivity contribution >= 4 is 0 Å². The summed E-state index contributed by atoms with van der Waals surface area (Å²) in [6.45, 7) is 2.05. The van der Waals surface area contributed by atoms with E-state index in [0.717, 1.165) is 22.3 Å². The highest BCUT2D eigenvalue weighted by atomic mass is 15.5. The molecule has 4 heteroatoms. The van der Waals surface area contributed by atoms with Gasteiger partial charge in [-0.2, -0.15) is 5.21 Å². The molecular weight excluding hydrogens is 224 g/mol. The number of hydrogen-bond acceptors (Lipinski definition) is 3. The van der Waals surface area contributed by atoms with Gasteiger partial charge in [0.2, 0.25) is 5.82 Å². The summed E-state index contributed by atoms with van der Waals surface area (Å²) < 4.78 is 0. The van der Waals surface area contributed by atoms with Gasteiger partial charge in [-0.15, -0.1) is 10.2 Å². The average molecular weight is 236 g/mol. The van der Waals surface area contributed by atoms with Crippen LogP contribution in [0.5, 0.6) is 0 Å². The van der Waals surface area contributed by atoms with E-state index >= 15 is 0 Å². The summed E-state index contributed by atoms with van der Waals surface area (Å²) >= 11 is 0. The van der Waals surface area contributed by atoms with Crippen molar-refractivity contribution in [1.82, 2.24) is 20.6 Å². The maximum atomic E-state index is 4.09. The van der Waals surface area contributed by atoms with Crippen LogP contribution in [0.3, 0.4) is 0 Å². The van der Waals surface area contributed by atoms with Crippen LogP contribution >= 0.6 is 0 Å². The third-order valence-corrected chi connectivity index (χ3v) is 2.93. The summed E-state index contributed by atoms with van der Waals surface area (Å²) in [4.78, 5) is 0. The van der Waals surface area contributed by atoms with Crippen molar-refractivity contribution in [3.63, 3.8) is 0 Å². The molecular formula is C14H12N4. The first-order valence-corrected chi connectivity index (χ1v) is 5.75. The predicted molar refractivity (Wildman–Crippen MR) is 69.8 cm³/mol. The first-order chi connectivity index (χ1) is 8.86. The van der Waals surface area contributed by atoms with Gasteiger partial charge < -0.3 is 0 Å². The minimum Gasteiger partial charge on any atom is -0.177 e. The number of nitrogens with zero attached hydrogens (tertiary/aromatic N) is 3. The lowest BCUT2D eigenvalue weighted by molar-refractivity contribution is 0.881. The Morgan fingerprint density at radius 3 is 2.50 bits per heavy atom. The zero-order valence-corrected chi connectivity index (χ0v) is 9.96. The van der Waals surface area contributed by atoms with E-state index in [1.54, 1.807) is 0 Å². The summed E-state index contributed by atoms with van der Waals surface area (Å²) in [7, 11) is 0. The van der Waals surface area contributed by atoms with Crippen molar-refractivity contribution in [2.75, 3.05) is 0 Å². The average Bonchev–Trinajstić information content (AvgIpc) is 2.93. The molecule has 0 atom stereocenters. The van der Waals surface area contributed by atoms with Gasteiger partial charge in [0.25, 0.3) is 0 Å². The van der Waals surface area contributed by atoms with E-state index in [1.165, 1.54) is 0 Å². The molecule has 1 heterocycles. The van der Waals surface area contributed by atoms with Gasteiger partial charge in [0.05, 0.1) is 0 Å². The summed E-state index contributed by atoms with van der Waals surface area (Å²) in [6.07, 6.45) is 0. The Morgan fingerprint density at radius 1 is 0.944 bits per heavy atom. The van der Waals surface area contributed by atoms with Crippen LogP contribution < -0.4 is 0 Å². The van der Waals surface area contributed by atoms with E-state index in [-0.39, 0.29) is 0 Å². The van der Waals surface area contributed by atoms with Crippen LogP contribution in [-0.2, 0) is 0 Å². The molecule has 2 aromatic carbocycles. The SMILES string of the molecule is Cc1cccc(-c2ccccc2)c1-c1nn[nH]n1. The smallest absolute Gasteiger partial charge is 0.177 e. The number of aromatic amines is 1. The molecule has 0 aliphatic heterocycles. The fraction of sp³-hybridized carbons (Fsp3) is 0.0714. The van der Waals surface area contributed by atoms with Crippen LogP contribution in [0.1, 0.15) is 5.56 Å². The molecule has 0 amide bonds. The molecule has 1 aromatic heterocycles. The van der Waals surface area contributed by atoms with Crippen molar-refractivity contribution < 1.29 is 0 Å². The summed E-state index contributed by atoms with van der Waals surface area (Å²) in [5.41, 5.74) is 4.44. The van der Waals surface area contributed by atoms with E-state index in [9.17, 15) is 0 Å². The monoisotopic (exact) mass is 236 g/mol. The van der Waals surface area contributed by atoms with Crippen LogP contribution in [0.25, 0.3) is 22.5 Å². The van der Waals surface area contributed by atoms with Crippen molar-refractivity contribution in [3.8, 4) is 22.5 Å². The standard InChI is InChI=1S/C14H12N4/c1-10-6-5-9-12(11-7-3-2-4-8-11)13(10)14-15-17-18-16-14/h2-9H,1H3,(H,15,16,17,18). The van der Waals surface area contributed by atoms with Crippen LogP contribution in [0.2, 0.25) is 0 Å². The fourth-order valence-corrected chi connectivity index (χ4v) is 2.09. The molecule has 0 bridgehead atoms. The minimum absolute atomic E-state index is 0.631. The number of rotatable bonds is 2. The summed E-state index contributed by atoms with van der Waals surface area (Å²) in [6, 6.07) is 16.4. The minimum atomic E-state index is 0.631. The van der Waals surface area contributed by atoms with E-state index < -0.39 is 0 Å². The van der Waals surface area contributed by atoms with Gasteiger partial charge in [0.15, 0.2) is 0 Å². The highest BCUT2D eigenvalue weighted by Crippen LogP contribution is 2.32. The van der Waals surface area contributed by atoms with Gasteiger partial charge >= 0.3 is 0 Å². The van der Waals surface area contributed by atoms with Gasteiger partial charge in [0.1, 0.15) is 0 Å². The highest BCUT2D eigenvalue weighted by molar-refractivity contribution is 5.82. The molecule has 0 aliphatic carbocycles. The molecule has 0 radical (unpaired) electrons. The van der Waals surface area contributed by atoms with Gasteiger partial charge in [-0.25, -0.2) is 0 Å². The van der Waals surface area contributed by atoms with Crippen LogP contribution in [-0.4, -0.2) is 20.6 Å². The van der Waals surface area contributed by atoms with Crippen LogP contribution in [0.15, 0.2) is 48.5 Å². The number of nitrogens with one attached hydrogen (secondary N) is 1. The number of aryl methyl sites for hydroxylation is 1. The second kappa shape index (κ2) is 4.41. The number of aromatic nitrogens is 4. The Bertz CT molecular complexity index is 645. The highest BCUT2D eigenvalue weighted by Gasteiger charge is 2.13. The summed E-state index contributed by atoms with van der Waals surface area (Å²) in [5.74, 6) is 0.631. The Labute approximate surface area is 105 Å². The Kier molecular flexibility index (Phi) is 2.61. The second-order valence-corrected chi connectivity index (χ2v) is 4.10. The molecule has 3 aromatic rings. The lowest BCUT2D eigenvalue weighted by Gasteiger charge is -2.09. The topological polar surface area (TPSA) is 54.5 Å². The van der Waals surface area contributed by atoms with Crippen molar-refractivity contribution in [2.24, 2.45) is 0 Å². The third-order valence-electron chi connectivity index (χ3n) is 2.93. The molecule has 0 saturated heterocycles. The lowest BCUT2D eigenvalue weighted by Crippen LogP contribution is -1.91. The molecule has 0 saturated carbocycles. The first kappa shape index (κ1) is 10.7. The van der Waals surface area contributed by atoms with Gasteiger partial charge in [0, 0.05) is 5.56 Å². The van der Waals surface area contributed by atoms with Crippen molar-refractivity contribution in [3.05, 3.63) is 54.1 Å². The van der Waals surface area contributed by atoms with Crippen molar-refractivity contribution in [1.29, 1.82) is 0 Å². The quantitative estimate of drug-likeness (QED) is 0.744. The Hall–Kier alpha value is -2.49. The number of tetrazole rings is 1. The molecule has 0 fully saturated rings. The van der Waals surface area contributed by atoms with Gasteiger partial charge in [-0.1, -0.05) is 48.5 Å². The number of hydrogen-bond donors (Lipinski definition) is 1. The normalized spacial score (nSPS) is 10.5. The Morgan fingerprint density at radius 2 is 1.78 bits per heavy atom. The maximum absolute atomic E-state index is 4.09. The largest absolute Gasteiger partial charge is 0.205 e. The zero-order chi connectivity index (χ0) is 12.4. The molecule has 1 N–H and O–H groups in total. The Balaban J connectivity index is 2.25. The number of benzene rings is 2. The van der Waals surface area contributed by atoms with Gasteiger partial charge in [-0.3, -0.25) is 0 Å². The lowest BCUT2D eigenvalue weighted by atomic mass is 9.95. The predicted octanol–water partition coefficient (Wildman–Crippen LogP) is 2.84. The molecule has 0 unspecified atom stereocenters. The maximum Gasteiger partial charge on any atom is 0.205 e. The number of H-pyrrole nitrogens is 1. The van der Waals surface area contributed by atoms with Crippen molar-refractivity contribution in [2.45, 2.75) is 6.92 Å². The van der Waals surface area contributed by atoms with Crippen LogP contribution in [0, 0.1) is 6.92 Å². The molecule has 0 spiro atoms. The molecule has 18 heavy (non-hydrogen) atoms. The van der Waals surface area contributed by atoms with E-state index in [4.69, 9.17) is 0 Å². The fourth-order valence-electron chi connectivity index (χ4n) is 2.09. The van der Waals surface area contributed by atoms with E-state index in [2.05, 4.69) is 51.8 Å². The molecule has 3 rings (SSSR count). The van der Waals surface area contributed by atoms with Gasteiger partial charge in [-0.05, 0) is 28.8 Å². The summed E-state index contributed by atoms with van der Waals surface area (Å²) in [5, 5.41) is 14.3. The second-order valence-electron chi connectivity index (χ2n) is 4.10. The van der Waals surface area contributed by atoms with E-state index in [0.29, 0.717) is 5.82 Å².